The molecule has 1 heterocycles. The van der Waals surface area contributed by atoms with Crippen molar-refractivity contribution in [2.45, 2.75) is 6.42 Å². The molecular weight excluding hydrogens is 266 g/mol. The Morgan fingerprint density at radius 1 is 1.63 bits per heavy atom. The number of hydrogen-bond acceptors (Lipinski definition) is 4. The van der Waals surface area contributed by atoms with Crippen LogP contribution >= 0.6 is 11.6 Å². The number of halogens is 1. The molecule has 1 aromatic rings. The van der Waals surface area contributed by atoms with Gasteiger partial charge in [-0.25, -0.2) is 0 Å². The molecule has 2 N–H and O–H groups in total. The van der Waals surface area contributed by atoms with E-state index in [1.807, 2.05) is 0 Å². The molecule has 1 amide bonds. The van der Waals surface area contributed by atoms with Gasteiger partial charge in [0.05, 0.1) is 35.4 Å². The molecule has 0 bridgehead atoms. The zero-order valence-corrected chi connectivity index (χ0v) is 11.3. The van der Waals surface area contributed by atoms with E-state index in [1.165, 1.54) is 19.2 Å². The number of rotatable bonds is 2. The van der Waals surface area contributed by atoms with E-state index in [4.69, 9.17) is 27.3 Å². The van der Waals surface area contributed by atoms with Gasteiger partial charge in [-0.3, -0.25) is 4.79 Å². The number of methoxy groups -OCH3 is 1. The molecule has 1 aromatic carbocycles. The van der Waals surface area contributed by atoms with Gasteiger partial charge in [0.25, 0.3) is 5.91 Å². The highest BCUT2D eigenvalue weighted by Gasteiger charge is 2.28. The van der Waals surface area contributed by atoms with Crippen molar-refractivity contribution in [3.8, 4) is 11.8 Å². The van der Waals surface area contributed by atoms with Crippen LogP contribution in [0.15, 0.2) is 12.1 Å². The number of ether oxygens (including phenoxy) is 1. The average molecular weight is 280 g/mol. The average Bonchev–Trinajstić information content (AvgIpc) is 2.89. The number of nitriles is 1. The van der Waals surface area contributed by atoms with E-state index in [-0.39, 0.29) is 11.8 Å². The Kier molecular flexibility index (Phi) is 3.82. The Morgan fingerprint density at radius 3 is 2.95 bits per heavy atom. The van der Waals surface area contributed by atoms with Crippen LogP contribution in [0.4, 0.5) is 5.69 Å². The Balaban J connectivity index is 2.29. The number of carbonyl (C=O) groups is 1. The van der Waals surface area contributed by atoms with Crippen molar-refractivity contribution in [1.82, 2.24) is 4.90 Å². The van der Waals surface area contributed by atoms with Crippen LogP contribution in [0.3, 0.4) is 0 Å². The van der Waals surface area contributed by atoms with Gasteiger partial charge in [-0.05, 0) is 12.5 Å². The third kappa shape index (κ3) is 2.59. The van der Waals surface area contributed by atoms with Crippen molar-refractivity contribution in [2.75, 3.05) is 25.9 Å². The van der Waals surface area contributed by atoms with Gasteiger partial charge >= 0.3 is 0 Å². The molecule has 5 nitrogen and oxygen atoms in total. The summed E-state index contributed by atoms with van der Waals surface area (Å²) in [4.78, 5) is 14.0. The number of likely N-dealkylation sites (tertiary alicyclic amines) is 1. The first-order valence-electron chi connectivity index (χ1n) is 5.88. The topological polar surface area (TPSA) is 79.3 Å². The predicted octanol–water partition coefficient (Wildman–Crippen LogP) is 1.92. The van der Waals surface area contributed by atoms with Gasteiger partial charge in [-0.15, -0.1) is 0 Å². The SMILES string of the molecule is COc1cc(N)c(Cl)cc1C(=O)N1CCC(C#N)C1. The Bertz CT molecular complexity index is 554. The summed E-state index contributed by atoms with van der Waals surface area (Å²) in [5.41, 5.74) is 6.42. The maximum absolute atomic E-state index is 12.4. The van der Waals surface area contributed by atoms with E-state index in [0.717, 1.165) is 0 Å². The molecule has 6 heteroatoms. The molecule has 1 unspecified atom stereocenters. The van der Waals surface area contributed by atoms with E-state index in [9.17, 15) is 4.79 Å². The van der Waals surface area contributed by atoms with E-state index in [1.54, 1.807) is 4.90 Å². The molecule has 1 atom stereocenters. The first-order chi connectivity index (χ1) is 9.06. The van der Waals surface area contributed by atoms with Gasteiger partial charge < -0.3 is 15.4 Å². The minimum atomic E-state index is -0.184. The van der Waals surface area contributed by atoms with E-state index in [2.05, 4.69) is 6.07 Å². The zero-order chi connectivity index (χ0) is 14.0. The summed E-state index contributed by atoms with van der Waals surface area (Å²) < 4.78 is 5.16. The smallest absolute Gasteiger partial charge is 0.257 e. The van der Waals surface area contributed by atoms with Crippen LogP contribution in [0, 0.1) is 17.2 Å². The Morgan fingerprint density at radius 2 is 2.37 bits per heavy atom. The van der Waals surface area contributed by atoms with E-state index < -0.39 is 0 Å². The highest BCUT2D eigenvalue weighted by atomic mass is 35.5. The molecule has 100 valence electrons. The summed E-state index contributed by atoms with van der Waals surface area (Å²) >= 11 is 5.95. The van der Waals surface area contributed by atoms with Crippen molar-refractivity contribution in [1.29, 1.82) is 5.26 Å². The van der Waals surface area contributed by atoms with Crippen LogP contribution in [-0.2, 0) is 0 Å². The standard InChI is InChI=1S/C13H14ClN3O2/c1-19-12-5-11(16)10(14)4-9(12)13(18)17-3-2-8(6-15)7-17/h4-5,8H,2-3,7,16H2,1H3. The fourth-order valence-electron chi connectivity index (χ4n) is 2.13. The number of benzene rings is 1. The number of anilines is 1. The van der Waals surface area contributed by atoms with Crippen LogP contribution in [0.25, 0.3) is 0 Å². The Hall–Kier alpha value is -1.93. The monoisotopic (exact) mass is 279 g/mol. The van der Waals surface area contributed by atoms with Crippen molar-refractivity contribution in [3.05, 3.63) is 22.7 Å². The minimum Gasteiger partial charge on any atom is -0.496 e. The number of nitrogens with zero attached hydrogens (tertiary/aromatic N) is 2. The molecule has 0 aromatic heterocycles. The fourth-order valence-corrected chi connectivity index (χ4v) is 2.29. The lowest BCUT2D eigenvalue weighted by atomic mass is 10.1. The summed E-state index contributed by atoms with van der Waals surface area (Å²) in [6.45, 7) is 1.02. The number of nitrogens with two attached hydrogens (primary N) is 1. The first-order valence-corrected chi connectivity index (χ1v) is 6.26. The molecular formula is C13H14ClN3O2. The van der Waals surface area contributed by atoms with E-state index in [0.29, 0.717) is 41.5 Å². The minimum absolute atomic E-state index is 0.0980. The summed E-state index contributed by atoms with van der Waals surface area (Å²) in [5, 5.41) is 9.19. The second-order valence-electron chi connectivity index (χ2n) is 4.44. The third-order valence-electron chi connectivity index (χ3n) is 3.21. The third-order valence-corrected chi connectivity index (χ3v) is 3.53. The van der Waals surface area contributed by atoms with Crippen molar-refractivity contribution in [3.63, 3.8) is 0 Å². The second kappa shape index (κ2) is 5.37. The molecule has 1 saturated heterocycles. The van der Waals surface area contributed by atoms with E-state index >= 15 is 0 Å². The predicted molar refractivity (Wildman–Crippen MR) is 72.0 cm³/mol. The molecule has 0 radical (unpaired) electrons. The Labute approximate surface area is 116 Å². The van der Waals surface area contributed by atoms with Crippen LogP contribution in [0.2, 0.25) is 5.02 Å². The molecule has 19 heavy (non-hydrogen) atoms. The maximum atomic E-state index is 12.4. The molecule has 0 spiro atoms. The van der Waals surface area contributed by atoms with Gasteiger partial charge in [0, 0.05) is 19.2 Å². The van der Waals surface area contributed by atoms with Crippen LogP contribution in [0.5, 0.6) is 5.75 Å². The van der Waals surface area contributed by atoms with Gasteiger partial charge in [0.15, 0.2) is 0 Å². The summed E-state index contributed by atoms with van der Waals surface area (Å²) in [7, 11) is 1.47. The summed E-state index contributed by atoms with van der Waals surface area (Å²) in [5.74, 6) is 0.114. The lowest BCUT2D eigenvalue weighted by Crippen LogP contribution is -2.29. The number of hydrogen-bond donors (Lipinski definition) is 1. The van der Waals surface area contributed by atoms with Gasteiger partial charge in [-0.1, -0.05) is 11.6 Å². The van der Waals surface area contributed by atoms with Crippen LogP contribution in [0.1, 0.15) is 16.8 Å². The molecule has 1 fully saturated rings. The quantitative estimate of drug-likeness (QED) is 0.839. The zero-order valence-electron chi connectivity index (χ0n) is 10.5. The maximum Gasteiger partial charge on any atom is 0.257 e. The molecule has 2 rings (SSSR count). The van der Waals surface area contributed by atoms with Crippen molar-refractivity contribution < 1.29 is 9.53 Å². The van der Waals surface area contributed by atoms with Gasteiger partial charge in [0.1, 0.15) is 5.75 Å². The fraction of sp³-hybridized carbons (Fsp3) is 0.385. The normalized spacial score (nSPS) is 18.2. The highest BCUT2D eigenvalue weighted by Crippen LogP contribution is 2.30. The second-order valence-corrected chi connectivity index (χ2v) is 4.85. The van der Waals surface area contributed by atoms with Crippen molar-refractivity contribution >= 4 is 23.2 Å². The van der Waals surface area contributed by atoms with Crippen LogP contribution < -0.4 is 10.5 Å². The highest BCUT2D eigenvalue weighted by molar-refractivity contribution is 6.33. The number of carbonyl (C=O) groups excluding carboxylic acids is 1. The number of nitrogen functional groups attached to an aromatic ring is 1. The lowest BCUT2D eigenvalue weighted by molar-refractivity contribution is 0.0786. The summed E-state index contributed by atoms with van der Waals surface area (Å²) in [6.07, 6.45) is 0.702. The van der Waals surface area contributed by atoms with Crippen molar-refractivity contribution in [2.24, 2.45) is 5.92 Å². The molecule has 0 saturated carbocycles. The largest absolute Gasteiger partial charge is 0.496 e. The number of amides is 1. The van der Waals surface area contributed by atoms with Gasteiger partial charge in [0.2, 0.25) is 0 Å². The molecule has 0 aliphatic carbocycles. The molecule has 1 aliphatic rings. The van der Waals surface area contributed by atoms with Crippen LogP contribution in [-0.4, -0.2) is 31.0 Å². The van der Waals surface area contributed by atoms with Gasteiger partial charge in [-0.2, -0.15) is 5.26 Å². The first kappa shape index (κ1) is 13.5. The lowest BCUT2D eigenvalue weighted by Gasteiger charge is -2.18. The molecule has 1 aliphatic heterocycles. The summed E-state index contributed by atoms with van der Waals surface area (Å²) in [6, 6.07) is 5.22.